The summed E-state index contributed by atoms with van der Waals surface area (Å²) in [5, 5.41) is 8.83. The highest BCUT2D eigenvalue weighted by Gasteiger charge is 2.11. The monoisotopic (exact) mass is 287 g/mol. The molecule has 0 unspecified atom stereocenters. The number of aromatic carboxylic acids is 1. The predicted molar refractivity (Wildman–Crippen MR) is 81.4 cm³/mol. The van der Waals surface area contributed by atoms with Crippen LogP contribution in [0.25, 0.3) is 0 Å². The lowest BCUT2D eigenvalue weighted by atomic mass is 10.1. The summed E-state index contributed by atoms with van der Waals surface area (Å²) in [6.45, 7) is 4.58. The topological polar surface area (TPSA) is 40.5 Å². The highest BCUT2D eigenvalue weighted by atomic mass is 19.1. The Labute approximate surface area is 123 Å². The summed E-state index contributed by atoms with van der Waals surface area (Å²) in [5.41, 5.74) is 3.83. The average molecular weight is 287 g/mol. The lowest BCUT2D eigenvalue weighted by Gasteiger charge is -2.21. The third-order valence-electron chi connectivity index (χ3n) is 3.33. The number of benzene rings is 2. The Kier molecular flexibility index (Phi) is 4.26. The van der Waals surface area contributed by atoms with E-state index in [9.17, 15) is 9.18 Å². The first-order chi connectivity index (χ1) is 9.86. The van der Waals surface area contributed by atoms with Crippen molar-refractivity contribution in [1.82, 2.24) is 0 Å². The van der Waals surface area contributed by atoms with Crippen LogP contribution < -0.4 is 4.90 Å². The van der Waals surface area contributed by atoms with Gasteiger partial charge in [-0.1, -0.05) is 12.1 Å². The molecule has 4 heteroatoms. The Morgan fingerprint density at radius 1 is 1.14 bits per heavy atom. The normalized spacial score (nSPS) is 10.5. The number of hydrogen-bond acceptors (Lipinski definition) is 2. The maximum atomic E-state index is 13.7. The van der Waals surface area contributed by atoms with Crippen molar-refractivity contribution < 1.29 is 14.3 Å². The van der Waals surface area contributed by atoms with Crippen LogP contribution in [0.1, 0.15) is 27.0 Å². The lowest BCUT2D eigenvalue weighted by Crippen LogP contribution is -2.17. The third kappa shape index (κ3) is 3.60. The maximum Gasteiger partial charge on any atom is 0.338 e. The molecule has 0 aromatic heterocycles. The van der Waals surface area contributed by atoms with Crippen LogP contribution in [0.2, 0.25) is 0 Å². The zero-order chi connectivity index (χ0) is 15.6. The Bertz CT molecular complexity index is 662. The molecule has 0 fully saturated rings. The van der Waals surface area contributed by atoms with Gasteiger partial charge in [0.15, 0.2) is 0 Å². The van der Waals surface area contributed by atoms with Gasteiger partial charge in [0.25, 0.3) is 0 Å². The van der Waals surface area contributed by atoms with Gasteiger partial charge in [0.2, 0.25) is 0 Å². The molecule has 0 amide bonds. The van der Waals surface area contributed by atoms with Crippen molar-refractivity contribution in [2.45, 2.75) is 20.4 Å². The minimum Gasteiger partial charge on any atom is -0.478 e. The summed E-state index contributed by atoms with van der Waals surface area (Å²) in [5.74, 6) is -1.95. The molecule has 1 N–H and O–H groups in total. The van der Waals surface area contributed by atoms with Gasteiger partial charge in [-0.15, -0.1) is 0 Å². The van der Waals surface area contributed by atoms with Gasteiger partial charge in [0.05, 0.1) is 5.56 Å². The van der Waals surface area contributed by atoms with Crippen molar-refractivity contribution in [2.24, 2.45) is 0 Å². The van der Waals surface area contributed by atoms with E-state index in [0.717, 1.165) is 11.3 Å². The molecule has 0 spiro atoms. The third-order valence-corrected chi connectivity index (χ3v) is 3.33. The number of carbonyl (C=O) groups is 1. The van der Waals surface area contributed by atoms with Gasteiger partial charge in [-0.25, -0.2) is 9.18 Å². The first kappa shape index (κ1) is 15.0. The van der Waals surface area contributed by atoms with Crippen molar-refractivity contribution in [3.63, 3.8) is 0 Å². The SMILES string of the molecule is Cc1cc(C)cc(N(C)Cc2ccc(C(=O)O)c(F)c2)c1. The number of carboxylic acids is 1. The number of nitrogens with zero attached hydrogens (tertiary/aromatic N) is 1. The second kappa shape index (κ2) is 5.95. The van der Waals surface area contributed by atoms with Gasteiger partial charge in [-0.3, -0.25) is 0 Å². The second-order valence-corrected chi connectivity index (χ2v) is 5.32. The zero-order valence-corrected chi connectivity index (χ0v) is 12.4. The first-order valence-electron chi connectivity index (χ1n) is 6.68. The Morgan fingerprint density at radius 2 is 1.76 bits per heavy atom. The molecule has 0 saturated heterocycles. The fraction of sp³-hybridized carbons (Fsp3) is 0.235. The van der Waals surface area contributed by atoms with Gasteiger partial charge in [-0.2, -0.15) is 0 Å². The second-order valence-electron chi connectivity index (χ2n) is 5.32. The number of anilines is 1. The van der Waals surface area contributed by atoms with E-state index in [-0.39, 0.29) is 5.56 Å². The van der Waals surface area contributed by atoms with E-state index in [1.165, 1.54) is 23.3 Å². The number of aryl methyl sites for hydroxylation is 2. The zero-order valence-electron chi connectivity index (χ0n) is 12.4. The first-order valence-corrected chi connectivity index (χ1v) is 6.68. The summed E-state index contributed by atoms with van der Waals surface area (Å²) in [7, 11) is 1.93. The number of halogens is 1. The Balaban J connectivity index is 2.21. The average Bonchev–Trinajstić information content (AvgIpc) is 2.37. The van der Waals surface area contributed by atoms with E-state index < -0.39 is 11.8 Å². The van der Waals surface area contributed by atoms with Crippen LogP contribution in [0.3, 0.4) is 0 Å². The van der Waals surface area contributed by atoms with Gasteiger partial charge in [0.1, 0.15) is 5.82 Å². The Morgan fingerprint density at radius 3 is 2.29 bits per heavy atom. The summed E-state index contributed by atoms with van der Waals surface area (Å²) < 4.78 is 13.7. The lowest BCUT2D eigenvalue weighted by molar-refractivity contribution is 0.0692. The number of rotatable bonds is 4. The highest BCUT2D eigenvalue weighted by Crippen LogP contribution is 2.20. The molecular formula is C17H18FNO2. The van der Waals surface area contributed by atoms with Crippen molar-refractivity contribution in [1.29, 1.82) is 0 Å². The predicted octanol–water partition coefficient (Wildman–Crippen LogP) is 3.78. The van der Waals surface area contributed by atoms with Crippen LogP contribution in [0.4, 0.5) is 10.1 Å². The van der Waals surface area contributed by atoms with Crippen LogP contribution in [0.5, 0.6) is 0 Å². The molecule has 21 heavy (non-hydrogen) atoms. The van der Waals surface area contributed by atoms with Crippen LogP contribution in [-0.4, -0.2) is 18.1 Å². The maximum absolute atomic E-state index is 13.7. The van der Waals surface area contributed by atoms with E-state index in [1.54, 1.807) is 6.07 Å². The van der Waals surface area contributed by atoms with E-state index in [4.69, 9.17) is 5.11 Å². The van der Waals surface area contributed by atoms with E-state index >= 15 is 0 Å². The van der Waals surface area contributed by atoms with E-state index in [0.29, 0.717) is 6.54 Å². The van der Waals surface area contributed by atoms with Crippen molar-refractivity contribution in [3.05, 3.63) is 64.5 Å². The molecule has 0 atom stereocenters. The van der Waals surface area contributed by atoms with E-state index in [2.05, 4.69) is 18.2 Å². The standard InChI is InChI=1S/C17H18FNO2/c1-11-6-12(2)8-14(7-11)19(3)10-13-4-5-15(17(20)21)16(18)9-13/h4-9H,10H2,1-3H3,(H,20,21). The number of hydrogen-bond donors (Lipinski definition) is 1. The van der Waals surface area contributed by atoms with Gasteiger partial charge in [-0.05, 0) is 54.8 Å². The summed E-state index contributed by atoms with van der Waals surface area (Å²) >= 11 is 0. The van der Waals surface area contributed by atoms with Crippen molar-refractivity contribution in [3.8, 4) is 0 Å². The largest absolute Gasteiger partial charge is 0.478 e. The molecule has 2 aromatic carbocycles. The molecule has 0 radical (unpaired) electrons. The molecule has 2 rings (SSSR count). The minimum atomic E-state index is -1.25. The van der Waals surface area contributed by atoms with Gasteiger partial charge < -0.3 is 10.0 Å². The van der Waals surface area contributed by atoms with Crippen LogP contribution in [-0.2, 0) is 6.54 Å². The molecule has 0 bridgehead atoms. The van der Waals surface area contributed by atoms with Crippen LogP contribution in [0.15, 0.2) is 36.4 Å². The Hall–Kier alpha value is -2.36. The van der Waals surface area contributed by atoms with Crippen LogP contribution >= 0.6 is 0 Å². The van der Waals surface area contributed by atoms with Gasteiger partial charge in [0, 0.05) is 19.3 Å². The van der Waals surface area contributed by atoms with Crippen molar-refractivity contribution >= 4 is 11.7 Å². The molecule has 3 nitrogen and oxygen atoms in total. The number of carboxylic acid groups (broad SMARTS) is 1. The quantitative estimate of drug-likeness (QED) is 0.930. The molecule has 0 aliphatic carbocycles. The molecule has 0 heterocycles. The summed E-state index contributed by atoms with van der Waals surface area (Å²) in [4.78, 5) is 12.8. The minimum absolute atomic E-state index is 0.298. The smallest absolute Gasteiger partial charge is 0.338 e. The summed E-state index contributed by atoms with van der Waals surface area (Å²) in [6, 6.07) is 10.5. The fourth-order valence-corrected chi connectivity index (χ4v) is 2.37. The molecule has 0 saturated carbocycles. The van der Waals surface area contributed by atoms with E-state index in [1.807, 2.05) is 25.8 Å². The molecule has 2 aromatic rings. The summed E-state index contributed by atoms with van der Waals surface area (Å²) in [6.07, 6.45) is 0. The fourth-order valence-electron chi connectivity index (χ4n) is 2.37. The molecular weight excluding hydrogens is 269 g/mol. The van der Waals surface area contributed by atoms with Crippen LogP contribution in [0, 0.1) is 19.7 Å². The van der Waals surface area contributed by atoms with Gasteiger partial charge >= 0.3 is 5.97 Å². The molecule has 110 valence electrons. The molecule has 0 aliphatic rings. The highest BCUT2D eigenvalue weighted by molar-refractivity contribution is 5.87. The van der Waals surface area contributed by atoms with Crippen molar-refractivity contribution in [2.75, 3.05) is 11.9 Å². The molecule has 0 aliphatic heterocycles.